The maximum atomic E-state index is 5.71. The average Bonchev–Trinajstić information content (AvgIpc) is 2.85. The Morgan fingerprint density at radius 2 is 2.17 bits per heavy atom. The van der Waals surface area contributed by atoms with Crippen molar-refractivity contribution in [2.75, 3.05) is 7.11 Å². The largest absolute Gasteiger partial charge is 0.496 e. The van der Waals surface area contributed by atoms with Crippen LogP contribution in [0.3, 0.4) is 0 Å². The molecule has 0 fully saturated rings. The van der Waals surface area contributed by atoms with Crippen LogP contribution >= 0.6 is 0 Å². The Morgan fingerprint density at radius 1 is 1.39 bits per heavy atom. The van der Waals surface area contributed by atoms with Crippen LogP contribution in [-0.4, -0.2) is 17.1 Å². The van der Waals surface area contributed by atoms with Crippen LogP contribution in [-0.2, 0) is 6.54 Å². The number of imidazole rings is 1. The van der Waals surface area contributed by atoms with Crippen LogP contribution in [0.1, 0.15) is 31.0 Å². The number of rotatable bonds is 4. The molecule has 0 saturated carbocycles. The quantitative estimate of drug-likeness (QED) is 0.870. The minimum atomic E-state index is 0.435. The lowest BCUT2D eigenvalue weighted by atomic mass is 9.98. The van der Waals surface area contributed by atoms with Crippen molar-refractivity contribution in [3.8, 4) is 17.0 Å². The fourth-order valence-corrected chi connectivity index (χ4v) is 1.98. The van der Waals surface area contributed by atoms with Crippen LogP contribution in [0.5, 0.6) is 5.75 Å². The van der Waals surface area contributed by atoms with Gasteiger partial charge >= 0.3 is 0 Å². The van der Waals surface area contributed by atoms with E-state index in [9.17, 15) is 0 Å². The number of aromatic nitrogens is 2. The molecule has 2 aromatic rings. The van der Waals surface area contributed by atoms with Gasteiger partial charge in [-0.3, -0.25) is 0 Å². The molecular formula is C14H19N3O. The van der Waals surface area contributed by atoms with Crippen LogP contribution in [0.25, 0.3) is 11.3 Å². The van der Waals surface area contributed by atoms with Crippen molar-refractivity contribution in [3.63, 3.8) is 0 Å². The Morgan fingerprint density at radius 3 is 2.78 bits per heavy atom. The zero-order chi connectivity index (χ0) is 13.1. The number of nitrogens with zero attached hydrogens (tertiary/aromatic N) is 1. The highest BCUT2D eigenvalue weighted by Crippen LogP contribution is 2.33. The summed E-state index contributed by atoms with van der Waals surface area (Å²) in [4.78, 5) is 7.41. The van der Waals surface area contributed by atoms with E-state index in [1.807, 2.05) is 6.07 Å². The Balaban J connectivity index is 2.57. The summed E-state index contributed by atoms with van der Waals surface area (Å²) in [5.41, 5.74) is 9.76. The molecule has 96 valence electrons. The Bertz CT molecular complexity index is 532. The highest BCUT2D eigenvalue weighted by atomic mass is 16.5. The third kappa shape index (κ3) is 2.24. The zero-order valence-electron chi connectivity index (χ0n) is 11.0. The van der Waals surface area contributed by atoms with E-state index in [0.717, 1.165) is 22.7 Å². The average molecular weight is 245 g/mol. The SMILES string of the molecule is COc1ccc(C(C)C)cc1-c1nc[nH]c1CN. The van der Waals surface area contributed by atoms with E-state index >= 15 is 0 Å². The molecule has 1 aromatic carbocycles. The topological polar surface area (TPSA) is 63.9 Å². The molecule has 0 atom stereocenters. The van der Waals surface area contributed by atoms with E-state index in [1.54, 1.807) is 13.4 Å². The molecule has 0 aliphatic carbocycles. The second-order valence-corrected chi connectivity index (χ2v) is 4.55. The molecule has 0 unspecified atom stereocenters. The number of H-pyrrole nitrogens is 1. The summed E-state index contributed by atoms with van der Waals surface area (Å²) >= 11 is 0. The first-order valence-corrected chi connectivity index (χ1v) is 6.08. The van der Waals surface area contributed by atoms with E-state index < -0.39 is 0 Å². The standard InChI is InChI=1S/C14H19N3O/c1-9(2)10-4-5-13(18-3)11(6-10)14-12(7-15)16-8-17-14/h4-6,8-9H,7,15H2,1-3H3,(H,16,17). The van der Waals surface area contributed by atoms with Crippen molar-refractivity contribution in [1.29, 1.82) is 0 Å². The molecule has 18 heavy (non-hydrogen) atoms. The summed E-state index contributed by atoms with van der Waals surface area (Å²) in [6, 6.07) is 6.19. The first kappa shape index (κ1) is 12.6. The molecule has 4 heteroatoms. The summed E-state index contributed by atoms with van der Waals surface area (Å²) < 4.78 is 5.41. The van der Waals surface area contributed by atoms with Gasteiger partial charge in [-0.05, 0) is 23.6 Å². The van der Waals surface area contributed by atoms with Crippen LogP contribution < -0.4 is 10.5 Å². The number of ether oxygens (including phenoxy) is 1. The van der Waals surface area contributed by atoms with E-state index in [4.69, 9.17) is 10.5 Å². The summed E-state index contributed by atoms with van der Waals surface area (Å²) in [6.07, 6.45) is 1.67. The summed E-state index contributed by atoms with van der Waals surface area (Å²) in [5, 5.41) is 0. The van der Waals surface area contributed by atoms with Gasteiger partial charge < -0.3 is 15.5 Å². The summed E-state index contributed by atoms with van der Waals surface area (Å²) in [5.74, 6) is 1.29. The Hall–Kier alpha value is -1.81. The highest BCUT2D eigenvalue weighted by Gasteiger charge is 2.14. The van der Waals surface area contributed by atoms with Gasteiger partial charge in [0.05, 0.1) is 24.8 Å². The van der Waals surface area contributed by atoms with Gasteiger partial charge in [0.1, 0.15) is 5.75 Å². The van der Waals surface area contributed by atoms with E-state index in [-0.39, 0.29) is 0 Å². The number of nitrogens with one attached hydrogen (secondary N) is 1. The van der Waals surface area contributed by atoms with Gasteiger partial charge in [0.15, 0.2) is 0 Å². The maximum Gasteiger partial charge on any atom is 0.128 e. The number of methoxy groups -OCH3 is 1. The number of hydrogen-bond donors (Lipinski definition) is 2. The predicted molar refractivity (Wildman–Crippen MR) is 72.6 cm³/mol. The van der Waals surface area contributed by atoms with Gasteiger partial charge in [-0.2, -0.15) is 0 Å². The van der Waals surface area contributed by atoms with Crippen molar-refractivity contribution >= 4 is 0 Å². The molecule has 3 N–H and O–H groups in total. The van der Waals surface area contributed by atoms with E-state index in [2.05, 4.69) is 35.9 Å². The van der Waals surface area contributed by atoms with Crippen LogP contribution in [0.4, 0.5) is 0 Å². The third-order valence-corrected chi connectivity index (χ3v) is 3.07. The molecule has 1 aromatic heterocycles. The van der Waals surface area contributed by atoms with Gasteiger partial charge in [-0.1, -0.05) is 19.9 Å². The minimum absolute atomic E-state index is 0.435. The fraction of sp³-hybridized carbons (Fsp3) is 0.357. The summed E-state index contributed by atoms with van der Waals surface area (Å²) in [7, 11) is 1.67. The first-order chi connectivity index (χ1) is 8.67. The smallest absolute Gasteiger partial charge is 0.128 e. The molecule has 0 saturated heterocycles. The Labute approximate surface area is 107 Å². The fourth-order valence-electron chi connectivity index (χ4n) is 1.98. The Kier molecular flexibility index (Phi) is 3.67. The number of nitrogens with two attached hydrogens (primary N) is 1. The number of aromatic amines is 1. The van der Waals surface area contributed by atoms with Gasteiger partial charge in [0, 0.05) is 12.1 Å². The lowest BCUT2D eigenvalue weighted by Gasteiger charge is -2.12. The molecule has 0 radical (unpaired) electrons. The van der Waals surface area contributed by atoms with E-state index in [0.29, 0.717) is 12.5 Å². The maximum absolute atomic E-state index is 5.71. The van der Waals surface area contributed by atoms with Crippen LogP contribution in [0.15, 0.2) is 24.5 Å². The van der Waals surface area contributed by atoms with Gasteiger partial charge in [0.2, 0.25) is 0 Å². The van der Waals surface area contributed by atoms with E-state index in [1.165, 1.54) is 5.56 Å². The molecule has 0 aliphatic rings. The second kappa shape index (κ2) is 5.23. The molecule has 4 nitrogen and oxygen atoms in total. The van der Waals surface area contributed by atoms with Crippen molar-refractivity contribution in [2.24, 2.45) is 5.73 Å². The number of hydrogen-bond acceptors (Lipinski definition) is 3. The molecule has 2 rings (SSSR count). The third-order valence-electron chi connectivity index (χ3n) is 3.07. The molecule has 0 spiro atoms. The number of benzene rings is 1. The normalized spacial score (nSPS) is 10.9. The first-order valence-electron chi connectivity index (χ1n) is 6.08. The van der Waals surface area contributed by atoms with Crippen molar-refractivity contribution < 1.29 is 4.74 Å². The molecular weight excluding hydrogens is 226 g/mol. The molecule has 0 bridgehead atoms. The molecule has 1 heterocycles. The van der Waals surface area contributed by atoms with Crippen molar-refractivity contribution in [1.82, 2.24) is 9.97 Å². The molecule has 0 amide bonds. The van der Waals surface area contributed by atoms with Crippen molar-refractivity contribution in [2.45, 2.75) is 26.3 Å². The van der Waals surface area contributed by atoms with Crippen molar-refractivity contribution in [3.05, 3.63) is 35.8 Å². The lowest BCUT2D eigenvalue weighted by Crippen LogP contribution is -2.00. The lowest BCUT2D eigenvalue weighted by molar-refractivity contribution is 0.416. The van der Waals surface area contributed by atoms with Gasteiger partial charge in [-0.15, -0.1) is 0 Å². The van der Waals surface area contributed by atoms with Crippen LogP contribution in [0, 0.1) is 0 Å². The zero-order valence-corrected chi connectivity index (χ0v) is 11.0. The van der Waals surface area contributed by atoms with Gasteiger partial charge in [0.25, 0.3) is 0 Å². The van der Waals surface area contributed by atoms with Crippen LogP contribution in [0.2, 0.25) is 0 Å². The minimum Gasteiger partial charge on any atom is -0.496 e. The predicted octanol–water partition coefficient (Wildman–Crippen LogP) is 2.67. The highest BCUT2D eigenvalue weighted by molar-refractivity contribution is 5.70. The monoisotopic (exact) mass is 245 g/mol. The van der Waals surface area contributed by atoms with Gasteiger partial charge in [-0.25, -0.2) is 4.98 Å². The molecule has 0 aliphatic heterocycles. The second-order valence-electron chi connectivity index (χ2n) is 4.55. The summed E-state index contributed by atoms with van der Waals surface area (Å²) in [6.45, 7) is 4.77.